The van der Waals surface area contributed by atoms with E-state index in [-0.39, 0.29) is 11.4 Å². The molecule has 2 bridgehead atoms. The van der Waals surface area contributed by atoms with E-state index in [2.05, 4.69) is 5.32 Å². The minimum absolute atomic E-state index is 0.203. The van der Waals surface area contributed by atoms with Crippen LogP contribution >= 0.6 is 0 Å². The largest absolute Gasteiger partial charge is 0.353 e. The molecular weight excluding hydrogens is 236 g/mol. The number of nitrogens with two attached hydrogens (primary N) is 1. The standard InChI is InChI=1S/C16H26N2O/c17-16(6-2-1-3-7-16)9-12(19)18-15-13-10-4-5-11(8-10)14(13)15/h10-11,13-15H,1-9,17H2,(H,18,19). The third kappa shape index (κ3) is 2.01. The van der Waals surface area contributed by atoms with E-state index in [0.717, 1.165) is 36.5 Å². The molecule has 4 rings (SSSR count). The molecule has 0 radical (unpaired) electrons. The lowest BCUT2D eigenvalue weighted by molar-refractivity contribution is -0.122. The Labute approximate surface area is 115 Å². The summed E-state index contributed by atoms with van der Waals surface area (Å²) in [6, 6.07) is 0.519. The molecule has 0 aromatic carbocycles. The van der Waals surface area contributed by atoms with E-state index >= 15 is 0 Å². The van der Waals surface area contributed by atoms with Gasteiger partial charge in [-0.25, -0.2) is 0 Å². The summed E-state index contributed by atoms with van der Waals surface area (Å²) in [5.41, 5.74) is 6.17. The van der Waals surface area contributed by atoms with Crippen LogP contribution < -0.4 is 11.1 Å². The number of carbonyl (C=O) groups excluding carboxylic acids is 1. The second-order valence-corrected chi connectivity index (χ2v) is 7.68. The second kappa shape index (κ2) is 4.21. The van der Waals surface area contributed by atoms with Gasteiger partial charge in [-0.15, -0.1) is 0 Å². The first-order valence-corrected chi connectivity index (χ1v) is 8.25. The molecule has 0 spiro atoms. The molecule has 4 aliphatic carbocycles. The molecule has 0 aliphatic heterocycles. The van der Waals surface area contributed by atoms with Gasteiger partial charge in [-0.1, -0.05) is 19.3 Å². The van der Waals surface area contributed by atoms with E-state index in [1.807, 2.05) is 0 Å². The molecule has 0 aromatic rings. The highest BCUT2D eigenvalue weighted by Gasteiger charge is 2.65. The second-order valence-electron chi connectivity index (χ2n) is 7.68. The summed E-state index contributed by atoms with van der Waals surface area (Å²) in [6.07, 6.45) is 10.6. The van der Waals surface area contributed by atoms with E-state index in [4.69, 9.17) is 5.73 Å². The van der Waals surface area contributed by atoms with Gasteiger partial charge in [-0.3, -0.25) is 4.79 Å². The van der Waals surface area contributed by atoms with E-state index < -0.39 is 0 Å². The smallest absolute Gasteiger partial charge is 0.222 e. The van der Waals surface area contributed by atoms with E-state index in [0.29, 0.717) is 12.5 Å². The highest BCUT2D eigenvalue weighted by atomic mass is 16.1. The number of hydrogen-bond donors (Lipinski definition) is 2. The Hall–Kier alpha value is -0.570. The summed E-state index contributed by atoms with van der Waals surface area (Å²) in [4.78, 5) is 12.2. The third-order valence-corrected chi connectivity index (χ3v) is 6.42. The van der Waals surface area contributed by atoms with E-state index in [1.54, 1.807) is 0 Å². The van der Waals surface area contributed by atoms with Gasteiger partial charge in [0.2, 0.25) is 5.91 Å². The van der Waals surface area contributed by atoms with Gasteiger partial charge in [0.25, 0.3) is 0 Å². The van der Waals surface area contributed by atoms with Gasteiger partial charge in [-0.2, -0.15) is 0 Å². The number of fused-ring (bicyclic) bond motifs is 5. The van der Waals surface area contributed by atoms with Crippen molar-refractivity contribution in [3.63, 3.8) is 0 Å². The lowest BCUT2D eigenvalue weighted by Gasteiger charge is -2.32. The summed E-state index contributed by atoms with van der Waals surface area (Å²) < 4.78 is 0. The highest BCUT2D eigenvalue weighted by molar-refractivity contribution is 5.78. The lowest BCUT2D eigenvalue weighted by Crippen LogP contribution is -2.46. The van der Waals surface area contributed by atoms with Crippen LogP contribution in [0.5, 0.6) is 0 Å². The summed E-state index contributed by atoms with van der Waals surface area (Å²) >= 11 is 0. The van der Waals surface area contributed by atoms with Crippen LogP contribution in [0.25, 0.3) is 0 Å². The Balaban J connectivity index is 1.31. The molecule has 0 heterocycles. The average molecular weight is 262 g/mol. The highest BCUT2D eigenvalue weighted by Crippen LogP contribution is 2.65. The Kier molecular flexibility index (Phi) is 2.70. The van der Waals surface area contributed by atoms with Gasteiger partial charge in [0.05, 0.1) is 0 Å². The normalized spacial score (nSPS) is 45.8. The third-order valence-electron chi connectivity index (χ3n) is 6.42. The van der Waals surface area contributed by atoms with Crippen molar-refractivity contribution in [2.24, 2.45) is 29.4 Å². The van der Waals surface area contributed by atoms with Crippen LogP contribution in [0.4, 0.5) is 0 Å². The molecule has 0 saturated heterocycles. The zero-order valence-corrected chi connectivity index (χ0v) is 11.7. The first kappa shape index (κ1) is 12.2. The average Bonchev–Trinajstić information content (AvgIpc) is 2.78. The molecule has 3 N–H and O–H groups in total. The van der Waals surface area contributed by atoms with E-state index in [1.165, 1.54) is 38.5 Å². The van der Waals surface area contributed by atoms with Crippen LogP contribution in [0.15, 0.2) is 0 Å². The predicted octanol–water partition coefficient (Wildman–Crippen LogP) is 2.20. The quantitative estimate of drug-likeness (QED) is 0.819. The molecule has 3 nitrogen and oxygen atoms in total. The molecular formula is C16H26N2O. The SMILES string of the molecule is NC1(CC(=O)NC2C3C4CCC(C4)C23)CCCCC1. The number of rotatable bonds is 3. The molecule has 4 aliphatic rings. The van der Waals surface area contributed by atoms with Gasteiger partial charge >= 0.3 is 0 Å². The maximum atomic E-state index is 12.2. The van der Waals surface area contributed by atoms with E-state index in [9.17, 15) is 4.79 Å². The molecule has 4 saturated carbocycles. The maximum absolute atomic E-state index is 12.2. The van der Waals surface area contributed by atoms with Crippen LogP contribution in [0.2, 0.25) is 0 Å². The number of amides is 1. The first-order chi connectivity index (χ1) is 9.16. The van der Waals surface area contributed by atoms with Crippen molar-refractivity contribution in [3.8, 4) is 0 Å². The van der Waals surface area contributed by atoms with Gasteiger partial charge in [0.1, 0.15) is 0 Å². The summed E-state index contributed by atoms with van der Waals surface area (Å²) in [7, 11) is 0. The number of hydrogen-bond acceptors (Lipinski definition) is 2. The molecule has 0 aromatic heterocycles. The fourth-order valence-electron chi connectivity index (χ4n) is 5.51. The maximum Gasteiger partial charge on any atom is 0.222 e. The fraction of sp³-hybridized carbons (Fsp3) is 0.938. The zero-order chi connectivity index (χ0) is 13.0. The van der Waals surface area contributed by atoms with Crippen molar-refractivity contribution in [2.45, 2.75) is 69.4 Å². The monoisotopic (exact) mass is 262 g/mol. The minimum atomic E-state index is -0.203. The topological polar surface area (TPSA) is 55.1 Å². The summed E-state index contributed by atoms with van der Waals surface area (Å²) in [6.45, 7) is 0. The van der Waals surface area contributed by atoms with Crippen LogP contribution in [0.1, 0.15) is 57.8 Å². The Morgan fingerprint density at radius 2 is 1.74 bits per heavy atom. The Morgan fingerprint density at radius 1 is 1.11 bits per heavy atom. The lowest BCUT2D eigenvalue weighted by atomic mass is 9.80. The van der Waals surface area contributed by atoms with Crippen molar-refractivity contribution in [1.82, 2.24) is 5.32 Å². The van der Waals surface area contributed by atoms with Crippen molar-refractivity contribution >= 4 is 5.91 Å². The van der Waals surface area contributed by atoms with Crippen molar-refractivity contribution in [3.05, 3.63) is 0 Å². The van der Waals surface area contributed by atoms with Crippen molar-refractivity contribution < 1.29 is 4.79 Å². The van der Waals surface area contributed by atoms with Crippen LogP contribution in [0, 0.1) is 23.7 Å². The zero-order valence-electron chi connectivity index (χ0n) is 11.7. The van der Waals surface area contributed by atoms with Crippen LogP contribution in [-0.4, -0.2) is 17.5 Å². The van der Waals surface area contributed by atoms with Gasteiger partial charge in [-0.05, 0) is 55.8 Å². The van der Waals surface area contributed by atoms with Crippen molar-refractivity contribution in [2.75, 3.05) is 0 Å². The molecule has 3 heteroatoms. The summed E-state index contributed by atoms with van der Waals surface area (Å²) in [5, 5.41) is 3.31. The number of nitrogens with one attached hydrogen (secondary N) is 1. The van der Waals surface area contributed by atoms with Gasteiger partial charge < -0.3 is 11.1 Å². The molecule has 106 valence electrons. The molecule has 4 atom stereocenters. The minimum Gasteiger partial charge on any atom is -0.353 e. The molecule has 19 heavy (non-hydrogen) atoms. The molecule has 4 unspecified atom stereocenters. The fourth-order valence-corrected chi connectivity index (χ4v) is 5.51. The van der Waals surface area contributed by atoms with Crippen molar-refractivity contribution in [1.29, 1.82) is 0 Å². The molecule has 4 fully saturated rings. The summed E-state index contributed by atoms with van der Waals surface area (Å²) in [5.74, 6) is 3.76. The van der Waals surface area contributed by atoms with Crippen LogP contribution in [0.3, 0.4) is 0 Å². The van der Waals surface area contributed by atoms with Gasteiger partial charge in [0, 0.05) is 18.0 Å². The number of carbonyl (C=O) groups is 1. The van der Waals surface area contributed by atoms with Crippen LogP contribution in [-0.2, 0) is 4.79 Å². The predicted molar refractivity (Wildman–Crippen MR) is 74.4 cm³/mol. The van der Waals surface area contributed by atoms with Gasteiger partial charge in [0.15, 0.2) is 0 Å². The first-order valence-electron chi connectivity index (χ1n) is 8.25. The Bertz CT molecular complexity index is 372. The Morgan fingerprint density at radius 3 is 2.37 bits per heavy atom. The molecule has 1 amide bonds.